The van der Waals surface area contributed by atoms with Crippen LogP contribution in [0.15, 0.2) is 79.0 Å². The molecule has 13 nitrogen and oxygen atoms in total. The van der Waals surface area contributed by atoms with Crippen molar-refractivity contribution in [1.82, 2.24) is 20.7 Å². The Morgan fingerprint density at radius 2 is 1.77 bits per heavy atom. The number of hydrogen-bond acceptors (Lipinski definition) is 10. The summed E-state index contributed by atoms with van der Waals surface area (Å²) in [6.45, 7) is 1.63. The number of nitrogens with zero attached hydrogens (tertiary/aromatic N) is 2. The minimum absolute atomic E-state index is 0.0488. The highest BCUT2D eigenvalue weighted by molar-refractivity contribution is 5.97. The van der Waals surface area contributed by atoms with E-state index in [2.05, 4.69) is 20.9 Å². The van der Waals surface area contributed by atoms with Crippen molar-refractivity contribution in [3.8, 4) is 0 Å². The predicted octanol–water partition coefficient (Wildman–Crippen LogP) is 2.53. The molecule has 13 heteroatoms. The lowest BCUT2D eigenvalue weighted by molar-refractivity contribution is -0.143. The first-order valence-corrected chi connectivity index (χ1v) is 14.1. The van der Waals surface area contributed by atoms with E-state index in [1.54, 1.807) is 49.5 Å². The van der Waals surface area contributed by atoms with Crippen LogP contribution in [0.5, 0.6) is 0 Å². The first-order chi connectivity index (χ1) is 21.3. The molecule has 0 spiro atoms. The van der Waals surface area contributed by atoms with Gasteiger partial charge in [-0.2, -0.15) is 0 Å². The fraction of sp³-hybridized carbons (Fsp3) is 0.323. The minimum Gasteiger partial charge on any atom is -0.480 e. The number of ether oxygens (including phenoxy) is 2. The molecule has 2 heterocycles. The third-order valence-corrected chi connectivity index (χ3v) is 6.85. The van der Waals surface area contributed by atoms with Crippen LogP contribution in [0, 0.1) is 6.92 Å². The fourth-order valence-electron chi connectivity index (χ4n) is 4.52. The van der Waals surface area contributed by atoms with Crippen molar-refractivity contribution >= 4 is 29.8 Å². The van der Waals surface area contributed by atoms with Crippen LogP contribution in [-0.4, -0.2) is 83.5 Å². The molecule has 1 aromatic heterocycles. The van der Waals surface area contributed by atoms with Crippen LogP contribution in [0.2, 0.25) is 0 Å². The number of amides is 2. The number of nitrogens with one attached hydrogen (secondary N) is 3. The molecule has 1 aliphatic rings. The van der Waals surface area contributed by atoms with Crippen molar-refractivity contribution in [3.05, 3.63) is 95.7 Å². The number of hydrogen-bond donors (Lipinski definition) is 4. The number of carboxylic acids is 1. The second-order valence-corrected chi connectivity index (χ2v) is 10.1. The van der Waals surface area contributed by atoms with E-state index in [0.717, 1.165) is 5.56 Å². The Bertz CT molecular complexity index is 1410. The van der Waals surface area contributed by atoms with Crippen LogP contribution >= 0.6 is 0 Å². The van der Waals surface area contributed by atoms with Crippen LogP contribution in [0.25, 0.3) is 0 Å². The summed E-state index contributed by atoms with van der Waals surface area (Å²) in [5, 5.41) is 19.1. The van der Waals surface area contributed by atoms with Gasteiger partial charge in [-0.1, -0.05) is 54.6 Å². The maximum absolute atomic E-state index is 12.5. The van der Waals surface area contributed by atoms with Crippen molar-refractivity contribution < 1.29 is 38.6 Å². The lowest BCUT2D eigenvalue weighted by Crippen LogP contribution is -2.49. The lowest BCUT2D eigenvalue weighted by atomic mass is 10.1. The van der Waals surface area contributed by atoms with Crippen molar-refractivity contribution in [3.63, 3.8) is 0 Å². The van der Waals surface area contributed by atoms with Crippen molar-refractivity contribution in [2.45, 2.75) is 38.1 Å². The third-order valence-electron chi connectivity index (χ3n) is 6.85. The SMILES string of the molecule is Cc1ccccc1C(=O)NC(CNC(=O)COC1CC(CNc2ccccn2)N(OC(=O)OCc2ccccc2)C1)C(=O)O. The Labute approximate surface area is 254 Å². The molecule has 4 rings (SSSR count). The second kappa shape index (κ2) is 16.0. The average Bonchev–Trinajstić information content (AvgIpc) is 3.42. The molecule has 2 aromatic carbocycles. The van der Waals surface area contributed by atoms with Crippen molar-refractivity contribution in [2.75, 3.05) is 31.6 Å². The Balaban J connectivity index is 1.27. The number of aromatic nitrogens is 1. The molecule has 232 valence electrons. The molecule has 2 amide bonds. The van der Waals surface area contributed by atoms with Gasteiger partial charge in [-0.05, 0) is 42.7 Å². The Morgan fingerprint density at radius 3 is 2.50 bits per heavy atom. The molecule has 1 fully saturated rings. The normalized spacial score (nSPS) is 16.8. The van der Waals surface area contributed by atoms with Gasteiger partial charge >= 0.3 is 12.1 Å². The molecule has 0 aliphatic carbocycles. The number of pyridine rings is 1. The molecule has 1 saturated heterocycles. The van der Waals surface area contributed by atoms with Gasteiger partial charge in [0, 0.05) is 24.8 Å². The van der Waals surface area contributed by atoms with E-state index < -0.39 is 36.1 Å². The predicted molar refractivity (Wildman–Crippen MR) is 158 cm³/mol. The van der Waals surface area contributed by atoms with Gasteiger partial charge in [0.2, 0.25) is 5.91 Å². The molecule has 3 unspecified atom stereocenters. The highest BCUT2D eigenvalue weighted by Gasteiger charge is 2.36. The summed E-state index contributed by atoms with van der Waals surface area (Å²) in [7, 11) is 0. The van der Waals surface area contributed by atoms with E-state index in [1.165, 1.54) is 5.06 Å². The van der Waals surface area contributed by atoms with E-state index in [-0.39, 0.29) is 32.3 Å². The average molecular weight is 606 g/mol. The summed E-state index contributed by atoms with van der Waals surface area (Å²) >= 11 is 0. The Hall–Kier alpha value is -5.01. The van der Waals surface area contributed by atoms with Gasteiger partial charge in [0.15, 0.2) is 0 Å². The van der Waals surface area contributed by atoms with Gasteiger partial charge in [-0.25, -0.2) is 14.6 Å². The molecule has 4 N–H and O–H groups in total. The molecule has 1 aliphatic heterocycles. The summed E-state index contributed by atoms with van der Waals surface area (Å²) in [5.74, 6) is -1.77. The standard InChI is InChI=1S/C31H35N5O8/c1-21-9-5-6-12-25(21)29(38)35-26(30(39)40)17-34-28(37)20-42-24-15-23(16-33-27-13-7-8-14-32-27)36(18-24)44-31(41)43-19-22-10-3-2-4-11-22/h2-14,23-24,26H,15-20H2,1H3,(H,32,33)(H,34,37)(H,35,38)(H,39,40). The number of carboxylic acid groups (broad SMARTS) is 1. The quantitative estimate of drug-likeness (QED) is 0.199. The minimum atomic E-state index is -1.34. The maximum atomic E-state index is 12.5. The van der Waals surface area contributed by atoms with Gasteiger partial charge < -0.3 is 35.4 Å². The number of benzene rings is 2. The van der Waals surface area contributed by atoms with Crippen LogP contribution < -0.4 is 16.0 Å². The second-order valence-electron chi connectivity index (χ2n) is 10.1. The number of carbonyl (C=O) groups is 4. The smallest absolute Gasteiger partial charge is 0.480 e. The molecule has 0 saturated carbocycles. The molecular formula is C31H35N5O8. The van der Waals surface area contributed by atoms with Gasteiger partial charge in [-0.3, -0.25) is 9.59 Å². The number of aryl methyl sites for hydroxylation is 1. The largest absolute Gasteiger partial charge is 0.528 e. The summed E-state index contributed by atoms with van der Waals surface area (Å²) in [5.41, 5.74) is 1.85. The molecule has 0 radical (unpaired) electrons. The molecular weight excluding hydrogens is 570 g/mol. The zero-order chi connectivity index (χ0) is 31.3. The van der Waals surface area contributed by atoms with E-state index in [1.807, 2.05) is 36.4 Å². The molecule has 3 atom stereocenters. The molecule has 44 heavy (non-hydrogen) atoms. The summed E-state index contributed by atoms with van der Waals surface area (Å²) < 4.78 is 11.0. The highest BCUT2D eigenvalue weighted by atomic mass is 16.8. The van der Waals surface area contributed by atoms with Crippen LogP contribution in [0.1, 0.15) is 27.9 Å². The van der Waals surface area contributed by atoms with Crippen molar-refractivity contribution in [1.29, 1.82) is 0 Å². The monoisotopic (exact) mass is 605 g/mol. The number of anilines is 1. The Kier molecular flexibility index (Phi) is 11.6. The van der Waals surface area contributed by atoms with Gasteiger partial charge in [0.1, 0.15) is 25.1 Å². The van der Waals surface area contributed by atoms with E-state index >= 15 is 0 Å². The molecule has 0 bridgehead atoms. The lowest BCUT2D eigenvalue weighted by Gasteiger charge is -2.22. The summed E-state index contributed by atoms with van der Waals surface area (Å²) in [4.78, 5) is 59.0. The van der Waals surface area contributed by atoms with Crippen molar-refractivity contribution in [2.24, 2.45) is 0 Å². The maximum Gasteiger partial charge on any atom is 0.528 e. The van der Waals surface area contributed by atoms with Gasteiger partial charge in [-0.15, -0.1) is 5.06 Å². The highest BCUT2D eigenvalue weighted by Crippen LogP contribution is 2.22. The first-order valence-electron chi connectivity index (χ1n) is 14.1. The first kappa shape index (κ1) is 31.9. The third kappa shape index (κ3) is 9.78. The van der Waals surface area contributed by atoms with E-state index in [4.69, 9.17) is 14.3 Å². The van der Waals surface area contributed by atoms with Crippen LogP contribution in [-0.2, 0) is 30.5 Å². The number of rotatable bonds is 14. The van der Waals surface area contributed by atoms with E-state index in [0.29, 0.717) is 29.9 Å². The Morgan fingerprint density at radius 1 is 1.02 bits per heavy atom. The zero-order valence-electron chi connectivity index (χ0n) is 24.2. The number of hydroxylamine groups is 2. The summed E-state index contributed by atoms with van der Waals surface area (Å²) in [6, 6.07) is 19.8. The summed E-state index contributed by atoms with van der Waals surface area (Å²) in [6.07, 6.45) is 0.722. The fourth-order valence-corrected chi connectivity index (χ4v) is 4.52. The zero-order valence-corrected chi connectivity index (χ0v) is 24.2. The number of aliphatic carboxylic acids is 1. The van der Waals surface area contributed by atoms with Crippen LogP contribution in [0.4, 0.5) is 10.6 Å². The van der Waals surface area contributed by atoms with Gasteiger partial charge in [0.25, 0.3) is 5.91 Å². The van der Waals surface area contributed by atoms with Gasteiger partial charge in [0.05, 0.1) is 18.7 Å². The van der Waals surface area contributed by atoms with E-state index in [9.17, 15) is 24.3 Å². The van der Waals surface area contributed by atoms with Crippen LogP contribution in [0.3, 0.4) is 0 Å². The molecule has 3 aromatic rings. The topological polar surface area (TPSA) is 168 Å². The number of carbonyl (C=O) groups excluding carboxylic acids is 3.